The van der Waals surface area contributed by atoms with Gasteiger partial charge in [-0.2, -0.15) is 0 Å². The van der Waals surface area contributed by atoms with Gasteiger partial charge in [-0.15, -0.1) is 0 Å². The Morgan fingerprint density at radius 3 is 2.41 bits per heavy atom. The maximum atomic E-state index is 11.5. The van der Waals surface area contributed by atoms with Gasteiger partial charge in [-0.25, -0.2) is 4.98 Å². The van der Waals surface area contributed by atoms with E-state index in [0.29, 0.717) is 22.0 Å². The molecule has 5 nitrogen and oxygen atoms in total. The van der Waals surface area contributed by atoms with Gasteiger partial charge >= 0.3 is 5.69 Å². The van der Waals surface area contributed by atoms with Crippen LogP contribution in [-0.4, -0.2) is 9.91 Å². The van der Waals surface area contributed by atoms with Crippen molar-refractivity contribution < 1.29 is 4.92 Å². The van der Waals surface area contributed by atoms with E-state index < -0.39 is 4.92 Å². The number of pyridine rings is 1. The first-order valence-corrected chi connectivity index (χ1v) is 6.67. The molecule has 0 fully saturated rings. The summed E-state index contributed by atoms with van der Waals surface area (Å²) in [4.78, 5) is 15.1. The van der Waals surface area contributed by atoms with Crippen LogP contribution >= 0.6 is 0 Å². The van der Waals surface area contributed by atoms with Gasteiger partial charge in [0.15, 0.2) is 0 Å². The van der Waals surface area contributed by atoms with Crippen molar-refractivity contribution in [3.63, 3.8) is 0 Å². The molecule has 1 aromatic heterocycles. The number of aromatic nitrogens is 1. The molecule has 2 N–H and O–H groups in total. The van der Waals surface area contributed by atoms with Crippen molar-refractivity contribution in [2.24, 2.45) is 0 Å². The van der Waals surface area contributed by atoms with E-state index in [4.69, 9.17) is 5.73 Å². The highest BCUT2D eigenvalue weighted by atomic mass is 16.6. The average molecular weight is 291 g/mol. The number of hydrogen-bond donors (Lipinski definition) is 1. The van der Waals surface area contributed by atoms with Gasteiger partial charge in [0.25, 0.3) is 0 Å². The number of hydrogen-bond acceptors (Lipinski definition) is 4. The van der Waals surface area contributed by atoms with Crippen molar-refractivity contribution in [1.29, 1.82) is 0 Å². The quantitative estimate of drug-likeness (QED) is 0.588. The minimum absolute atomic E-state index is 0.101. The van der Waals surface area contributed by atoms with E-state index in [1.165, 1.54) is 0 Å². The van der Waals surface area contributed by atoms with Crippen molar-refractivity contribution in [3.8, 4) is 0 Å². The standard InChI is InChI=1S/C17H13N3O2/c1-11(12-7-3-2-4-8-12)15-13-9-5-6-10-14(13)19-17(18)16(15)20(21)22/h2-10H,1H2,(H2,18,19). The second-order valence-electron chi connectivity index (χ2n) is 4.84. The van der Waals surface area contributed by atoms with E-state index in [1.54, 1.807) is 12.1 Å². The van der Waals surface area contributed by atoms with Crippen LogP contribution in [-0.2, 0) is 0 Å². The molecule has 5 heteroatoms. The molecule has 1 heterocycles. The number of para-hydroxylation sites is 1. The predicted octanol–water partition coefficient (Wildman–Crippen LogP) is 3.79. The summed E-state index contributed by atoms with van der Waals surface area (Å²) in [7, 11) is 0. The maximum absolute atomic E-state index is 11.5. The predicted molar refractivity (Wildman–Crippen MR) is 87.4 cm³/mol. The lowest BCUT2D eigenvalue weighted by Crippen LogP contribution is -2.04. The zero-order chi connectivity index (χ0) is 15.7. The SMILES string of the molecule is C=C(c1ccccc1)c1c([N+](=O)[O-])c(N)nc2ccccc12. The number of nitrogens with two attached hydrogens (primary N) is 1. The number of rotatable bonds is 3. The maximum Gasteiger partial charge on any atom is 0.319 e. The molecule has 108 valence electrons. The Labute approximate surface area is 126 Å². The van der Waals surface area contributed by atoms with E-state index in [2.05, 4.69) is 11.6 Å². The summed E-state index contributed by atoms with van der Waals surface area (Å²) in [5.74, 6) is -0.101. The van der Waals surface area contributed by atoms with Crippen LogP contribution in [0.2, 0.25) is 0 Å². The number of anilines is 1. The van der Waals surface area contributed by atoms with Crippen LogP contribution in [0.1, 0.15) is 11.1 Å². The Kier molecular flexibility index (Phi) is 3.31. The largest absolute Gasteiger partial charge is 0.378 e. The molecular weight excluding hydrogens is 278 g/mol. The topological polar surface area (TPSA) is 82.0 Å². The van der Waals surface area contributed by atoms with Gasteiger partial charge in [0.1, 0.15) is 0 Å². The monoisotopic (exact) mass is 291 g/mol. The first-order valence-electron chi connectivity index (χ1n) is 6.67. The summed E-state index contributed by atoms with van der Waals surface area (Å²) >= 11 is 0. The van der Waals surface area contributed by atoms with Crippen LogP contribution in [0.5, 0.6) is 0 Å². The normalized spacial score (nSPS) is 10.5. The molecule has 0 saturated carbocycles. The van der Waals surface area contributed by atoms with Crippen LogP contribution in [0, 0.1) is 10.1 Å². The summed E-state index contributed by atoms with van der Waals surface area (Å²) in [6.07, 6.45) is 0. The zero-order valence-corrected chi connectivity index (χ0v) is 11.7. The lowest BCUT2D eigenvalue weighted by atomic mass is 9.95. The lowest BCUT2D eigenvalue weighted by molar-refractivity contribution is -0.384. The Hall–Kier alpha value is -3.21. The fraction of sp³-hybridized carbons (Fsp3) is 0. The lowest BCUT2D eigenvalue weighted by Gasteiger charge is -2.12. The molecule has 0 unspecified atom stereocenters. The van der Waals surface area contributed by atoms with Gasteiger partial charge in [-0.05, 0) is 17.2 Å². The second kappa shape index (κ2) is 5.29. The zero-order valence-electron chi connectivity index (χ0n) is 11.7. The first-order chi connectivity index (χ1) is 10.6. The minimum Gasteiger partial charge on any atom is -0.378 e. The van der Waals surface area contributed by atoms with Crippen LogP contribution in [0.4, 0.5) is 11.5 Å². The number of nitrogen functional groups attached to an aromatic ring is 1. The summed E-state index contributed by atoms with van der Waals surface area (Å²) in [6, 6.07) is 16.5. The van der Waals surface area contributed by atoms with Crippen molar-refractivity contribution in [3.05, 3.63) is 82.4 Å². The molecule has 3 aromatic rings. The molecule has 0 aliphatic carbocycles. The third-order valence-electron chi connectivity index (χ3n) is 3.50. The van der Waals surface area contributed by atoms with E-state index in [-0.39, 0.29) is 11.5 Å². The van der Waals surface area contributed by atoms with Gasteiger partial charge < -0.3 is 5.73 Å². The second-order valence-corrected chi connectivity index (χ2v) is 4.84. The van der Waals surface area contributed by atoms with Crippen LogP contribution < -0.4 is 5.73 Å². The highest BCUT2D eigenvalue weighted by Crippen LogP contribution is 2.38. The van der Waals surface area contributed by atoms with E-state index in [1.807, 2.05) is 42.5 Å². The summed E-state index contributed by atoms with van der Waals surface area (Å²) in [5.41, 5.74) is 7.99. The van der Waals surface area contributed by atoms with E-state index in [0.717, 1.165) is 5.56 Å². The van der Waals surface area contributed by atoms with Gasteiger partial charge in [-0.3, -0.25) is 10.1 Å². The Morgan fingerprint density at radius 2 is 1.73 bits per heavy atom. The fourth-order valence-electron chi connectivity index (χ4n) is 2.49. The smallest absolute Gasteiger partial charge is 0.319 e. The van der Waals surface area contributed by atoms with Crippen molar-refractivity contribution in [1.82, 2.24) is 4.98 Å². The minimum atomic E-state index is -0.502. The number of nitrogens with zero attached hydrogens (tertiary/aromatic N) is 2. The molecule has 22 heavy (non-hydrogen) atoms. The third-order valence-corrected chi connectivity index (χ3v) is 3.50. The molecule has 2 aromatic carbocycles. The summed E-state index contributed by atoms with van der Waals surface area (Å²) in [6.45, 7) is 4.04. The first kappa shape index (κ1) is 13.8. The van der Waals surface area contributed by atoms with E-state index in [9.17, 15) is 10.1 Å². The summed E-state index contributed by atoms with van der Waals surface area (Å²) < 4.78 is 0. The molecule has 0 spiro atoms. The highest BCUT2D eigenvalue weighted by molar-refractivity contribution is 6.01. The Bertz CT molecular complexity index is 889. The van der Waals surface area contributed by atoms with Gasteiger partial charge in [0, 0.05) is 5.39 Å². The average Bonchev–Trinajstić information content (AvgIpc) is 2.53. The van der Waals surface area contributed by atoms with Gasteiger partial charge in [0.2, 0.25) is 5.82 Å². The Balaban J connectivity index is 2.37. The van der Waals surface area contributed by atoms with Gasteiger partial charge in [0.05, 0.1) is 16.0 Å². The fourth-order valence-corrected chi connectivity index (χ4v) is 2.49. The molecule has 0 atom stereocenters. The number of fused-ring (bicyclic) bond motifs is 1. The van der Waals surface area contributed by atoms with Crippen LogP contribution in [0.15, 0.2) is 61.2 Å². The van der Waals surface area contributed by atoms with E-state index >= 15 is 0 Å². The number of nitro groups is 1. The molecule has 0 aliphatic heterocycles. The Morgan fingerprint density at radius 1 is 1.09 bits per heavy atom. The molecule has 0 saturated heterocycles. The van der Waals surface area contributed by atoms with Crippen LogP contribution in [0.3, 0.4) is 0 Å². The molecule has 0 amide bonds. The molecular formula is C17H13N3O2. The summed E-state index contributed by atoms with van der Waals surface area (Å²) in [5, 5.41) is 12.1. The number of benzene rings is 2. The molecule has 3 rings (SSSR count). The molecule has 0 aliphatic rings. The van der Waals surface area contributed by atoms with Crippen molar-refractivity contribution in [2.45, 2.75) is 0 Å². The van der Waals surface area contributed by atoms with Crippen molar-refractivity contribution >= 4 is 28.0 Å². The third kappa shape index (κ3) is 2.18. The van der Waals surface area contributed by atoms with Gasteiger partial charge in [-0.1, -0.05) is 55.1 Å². The highest BCUT2D eigenvalue weighted by Gasteiger charge is 2.25. The van der Waals surface area contributed by atoms with Crippen molar-refractivity contribution in [2.75, 3.05) is 5.73 Å². The molecule has 0 bridgehead atoms. The molecule has 0 radical (unpaired) electrons. The van der Waals surface area contributed by atoms with Crippen LogP contribution in [0.25, 0.3) is 16.5 Å².